The first-order chi connectivity index (χ1) is 27.2. The summed E-state index contributed by atoms with van der Waals surface area (Å²) in [6.07, 6.45) is 1.05. The van der Waals surface area contributed by atoms with Crippen molar-refractivity contribution >= 4 is 52.5 Å². The molecular weight excluding hydrogens is 746 g/mol. The summed E-state index contributed by atoms with van der Waals surface area (Å²) in [5.74, 6) is -1.55. The fourth-order valence-electron chi connectivity index (χ4n) is 9.91. The number of piperidine rings is 1. The third-order valence-corrected chi connectivity index (χ3v) is 13.0. The minimum Gasteiger partial charge on any atom is -0.489 e. The predicted molar refractivity (Wildman–Crippen MR) is 213 cm³/mol. The molecule has 57 heavy (non-hydrogen) atoms. The van der Waals surface area contributed by atoms with Crippen LogP contribution in [-0.4, -0.2) is 103 Å². The Kier molecular flexibility index (Phi) is 9.77. The van der Waals surface area contributed by atoms with Gasteiger partial charge in [0, 0.05) is 91.6 Å². The molecule has 2 atom stereocenters. The Hall–Kier alpha value is -5.45. The van der Waals surface area contributed by atoms with E-state index in [1.54, 1.807) is 30.3 Å². The SMILES string of the molecule is CC1(C)[C@H](NC(=O)c2ccc(N3CC[C@@H](N4CCN(c5ccc6c(c5)C(=O)N(C5CCC(=O)NC5=O)C6=O)CC4)C3)cc2)C(C)(C)[C@H]1Oc1ccc(C#N)c(Cl)c1. The number of amides is 5. The van der Waals surface area contributed by atoms with Gasteiger partial charge in [0.05, 0.1) is 21.7 Å². The van der Waals surface area contributed by atoms with Crippen LogP contribution < -0.4 is 25.2 Å². The summed E-state index contributed by atoms with van der Waals surface area (Å²) in [5.41, 5.74) is 2.78. The second kappa shape index (κ2) is 14.5. The number of fused-ring (bicyclic) bond motifs is 1. The lowest BCUT2D eigenvalue weighted by atomic mass is 9.49. The number of carbonyl (C=O) groups excluding carboxylic acids is 5. The van der Waals surface area contributed by atoms with Crippen LogP contribution in [0.5, 0.6) is 5.75 Å². The third kappa shape index (κ3) is 6.78. The van der Waals surface area contributed by atoms with E-state index in [0.717, 1.165) is 62.0 Å². The smallest absolute Gasteiger partial charge is 0.262 e. The topological polar surface area (TPSA) is 155 Å². The molecule has 0 radical (unpaired) electrons. The van der Waals surface area contributed by atoms with Crippen molar-refractivity contribution in [1.29, 1.82) is 5.26 Å². The van der Waals surface area contributed by atoms with Crippen LogP contribution in [0.15, 0.2) is 60.7 Å². The van der Waals surface area contributed by atoms with Crippen LogP contribution in [0.25, 0.3) is 0 Å². The molecule has 0 bridgehead atoms. The molecule has 5 aliphatic rings. The standard InChI is InChI=1S/C43H46ClN7O6/c1-42(2)40(43(3,4)41(42)57-30-11-7-26(23-45)33(44)22-30)47-36(53)25-5-8-27(9-6-25)50-16-15-29(24-50)49-19-17-48(18-20-49)28-10-12-31-32(21-28)39(56)51(38(31)55)34-13-14-35(52)46-37(34)54/h5-12,21-22,29,34,40-41H,13-20,24H2,1-4H3,(H,47,53)(H,46,52,54)/t29-,34?,40-,41-/m1/s1. The van der Waals surface area contributed by atoms with Crippen molar-refractivity contribution in [3.05, 3.63) is 87.9 Å². The Morgan fingerprint density at radius 1 is 0.842 bits per heavy atom. The van der Waals surface area contributed by atoms with Gasteiger partial charge in [0.15, 0.2) is 0 Å². The van der Waals surface area contributed by atoms with Crippen molar-refractivity contribution in [2.75, 3.05) is 49.1 Å². The van der Waals surface area contributed by atoms with Gasteiger partial charge in [-0.1, -0.05) is 39.3 Å². The number of nitriles is 1. The number of rotatable bonds is 8. The summed E-state index contributed by atoms with van der Waals surface area (Å²) in [7, 11) is 0. The third-order valence-electron chi connectivity index (χ3n) is 12.7. The van der Waals surface area contributed by atoms with Gasteiger partial charge in [0.2, 0.25) is 11.8 Å². The van der Waals surface area contributed by atoms with E-state index in [2.05, 4.69) is 59.1 Å². The number of ether oxygens (including phenoxy) is 1. The summed E-state index contributed by atoms with van der Waals surface area (Å²) in [4.78, 5) is 72.2. The van der Waals surface area contributed by atoms with Gasteiger partial charge in [-0.3, -0.25) is 39.1 Å². The van der Waals surface area contributed by atoms with Crippen LogP contribution in [0, 0.1) is 22.2 Å². The lowest BCUT2D eigenvalue weighted by molar-refractivity contribution is -0.164. The Balaban J connectivity index is 0.832. The Morgan fingerprint density at radius 3 is 2.19 bits per heavy atom. The molecule has 2 N–H and O–H groups in total. The van der Waals surface area contributed by atoms with E-state index in [0.29, 0.717) is 33.5 Å². The molecule has 5 amide bonds. The zero-order valence-corrected chi connectivity index (χ0v) is 33.3. The molecule has 4 aliphatic heterocycles. The van der Waals surface area contributed by atoms with Crippen LogP contribution in [0.1, 0.15) is 83.6 Å². The van der Waals surface area contributed by atoms with Crippen molar-refractivity contribution in [3.63, 3.8) is 0 Å². The highest BCUT2D eigenvalue weighted by Gasteiger charge is 2.64. The first kappa shape index (κ1) is 38.4. The maximum atomic E-state index is 13.5. The van der Waals surface area contributed by atoms with E-state index >= 15 is 0 Å². The van der Waals surface area contributed by atoms with Crippen LogP contribution in [0.4, 0.5) is 11.4 Å². The summed E-state index contributed by atoms with van der Waals surface area (Å²) >= 11 is 6.25. The van der Waals surface area contributed by atoms with Gasteiger partial charge in [-0.25, -0.2) is 0 Å². The molecule has 13 nitrogen and oxygen atoms in total. The van der Waals surface area contributed by atoms with E-state index in [1.807, 2.05) is 30.3 Å². The van der Waals surface area contributed by atoms with Crippen LogP contribution in [0.2, 0.25) is 5.02 Å². The predicted octanol–water partition coefficient (Wildman–Crippen LogP) is 4.63. The number of carbonyl (C=O) groups is 5. The number of imide groups is 2. The number of anilines is 2. The van der Waals surface area contributed by atoms with Crippen molar-refractivity contribution in [2.24, 2.45) is 10.8 Å². The summed E-state index contributed by atoms with van der Waals surface area (Å²) in [6.45, 7) is 13.4. The van der Waals surface area contributed by atoms with E-state index in [1.165, 1.54) is 0 Å². The van der Waals surface area contributed by atoms with Crippen molar-refractivity contribution in [3.8, 4) is 11.8 Å². The van der Waals surface area contributed by atoms with Gasteiger partial charge in [-0.15, -0.1) is 0 Å². The maximum Gasteiger partial charge on any atom is 0.262 e. The molecule has 4 fully saturated rings. The molecule has 8 rings (SSSR count). The number of piperazine rings is 1. The van der Waals surface area contributed by atoms with Gasteiger partial charge in [0.25, 0.3) is 17.7 Å². The maximum absolute atomic E-state index is 13.5. The van der Waals surface area contributed by atoms with E-state index in [9.17, 15) is 29.2 Å². The number of hydrogen-bond donors (Lipinski definition) is 2. The number of nitrogens with one attached hydrogen (secondary N) is 2. The monoisotopic (exact) mass is 791 g/mol. The Bertz CT molecular complexity index is 2190. The van der Waals surface area contributed by atoms with Gasteiger partial charge in [-0.2, -0.15) is 5.26 Å². The van der Waals surface area contributed by atoms with Crippen molar-refractivity contribution in [2.45, 2.75) is 71.2 Å². The highest BCUT2D eigenvalue weighted by atomic mass is 35.5. The molecule has 0 aromatic heterocycles. The second-order valence-electron chi connectivity index (χ2n) is 16.9. The Labute approximate surface area is 336 Å². The number of hydrogen-bond acceptors (Lipinski definition) is 10. The van der Waals surface area contributed by atoms with E-state index < -0.39 is 29.7 Å². The van der Waals surface area contributed by atoms with E-state index in [-0.39, 0.29) is 47.3 Å². The molecule has 4 heterocycles. The van der Waals surface area contributed by atoms with Crippen LogP contribution >= 0.6 is 11.6 Å². The minimum atomic E-state index is -0.984. The van der Waals surface area contributed by atoms with Gasteiger partial charge in [-0.05, 0) is 67.4 Å². The average molecular weight is 792 g/mol. The number of benzene rings is 3. The summed E-state index contributed by atoms with van der Waals surface area (Å²) in [6, 6.07) is 19.5. The van der Waals surface area contributed by atoms with Crippen molar-refractivity contribution < 1.29 is 28.7 Å². The average Bonchev–Trinajstić information content (AvgIpc) is 3.78. The molecule has 3 aromatic rings. The van der Waals surface area contributed by atoms with Gasteiger partial charge in [0.1, 0.15) is 24.0 Å². The number of halogens is 1. The lowest BCUT2D eigenvalue weighted by Crippen LogP contribution is -2.74. The molecule has 3 aromatic carbocycles. The Morgan fingerprint density at radius 2 is 1.53 bits per heavy atom. The summed E-state index contributed by atoms with van der Waals surface area (Å²) < 4.78 is 6.38. The summed E-state index contributed by atoms with van der Waals surface area (Å²) in [5, 5.41) is 15.1. The highest BCUT2D eigenvalue weighted by Crippen LogP contribution is 2.55. The quantitative estimate of drug-likeness (QED) is 0.309. The molecule has 3 saturated heterocycles. The van der Waals surface area contributed by atoms with E-state index in [4.69, 9.17) is 16.3 Å². The number of nitrogens with zero attached hydrogens (tertiary/aromatic N) is 5. The molecular formula is C43H46ClN7O6. The second-order valence-corrected chi connectivity index (χ2v) is 17.3. The first-order valence-electron chi connectivity index (χ1n) is 19.5. The van der Waals surface area contributed by atoms with Gasteiger partial charge < -0.3 is 19.9 Å². The van der Waals surface area contributed by atoms with Gasteiger partial charge >= 0.3 is 0 Å². The molecule has 1 aliphatic carbocycles. The molecule has 296 valence electrons. The molecule has 14 heteroatoms. The first-order valence-corrected chi connectivity index (χ1v) is 19.9. The highest BCUT2D eigenvalue weighted by molar-refractivity contribution is 6.31. The molecule has 1 unspecified atom stereocenters. The lowest BCUT2D eigenvalue weighted by Gasteiger charge is -2.63. The molecule has 0 spiro atoms. The van der Waals surface area contributed by atoms with Crippen LogP contribution in [0.3, 0.4) is 0 Å². The zero-order chi connectivity index (χ0) is 40.4. The zero-order valence-electron chi connectivity index (χ0n) is 32.5. The normalized spacial score (nSPS) is 25.4. The fraction of sp³-hybridized carbons (Fsp3) is 0.442. The molecule has 1 saturated carbocycles. The van der Waals surface area contributed by atoms with Crippen LogP contribution in [-0.2, 0) is 9.59 Å². The minimum absolute atomic E-state index is 0.0836. The van der Waals surface area contributed by atoms with Crippen molar-refractivity contribution in [1.82, 2.24) is 20.4 Å². The largest absolute Gasteiger partial charge is 0.489 e. The fourth-order valence-corrected chi connectivity index (χ4v) is 10.1.